The van der Waals surface area contributed by atoms with Crippen LogP contribution in [0, 0.1) is 0 Å². The summed E-state index contributed by atoms with van der Waals surface area (Å²) in [7, 11) is 0. The van der Waals surface area contributed by atoms with Gasteiger partial charge < -0.3 is 14.2 Å². The van der Waals surface area contributed by atoms with Crippen molar-refractivity contribution in [2.45, 2.75) is 297 Å². The first-order valence-electron chi connectivity index (χ1n) is 26.8. The molecule has 1 unspecified atom stereocenters. The zero-order valence-electron chi connectivity index (χ0n) is 40.9. The van der Waals surface area contributed by atoms with Crippen LogP contribution in [-0.4, -0.2) is 37.2 Å². The van der Waals surface area contributed by atoms with Crippen molar-refractivity contribution in [3.8, 4) is 0 Å². The lowest BCUT2D eigenvalue weighted by Crippen LogP contribution is -2.30. The molecule has 0 N–H and O–H groups in total. The maximum absolute atomic E-state index is 12.8. The monoisotopic (exact) mass is 859 g/mol. The molecule has 0 aromatic heterocycles. The molecule has 0 heterocycles. The smallest absolute Gasteiger partial charge is 0.306 e. The highest BCUT2D eigenvalue weighted by molar-refractivity contribution is 5.71. The number of rotatable bonds is 49. The lowest BCUT2D eigenvalue weighted by Gasteiger charge is -2.18. The summed E-state index contributed by atoms with van der Waals surface area (Å²) in [5.74, 6) is -0.870. The Morgan fingerprint density at radius 1 is 0.328 bits per heavy atom. The summed E-state index contributed by atoms with van der Waals surface area (Å²) in [6.07, 6.45) is 57.3. The molecule has 6 nitrogen and oxygen atoms in total. The van der Waals surface area contributed by atoms with Gasteiger partial charge in [0, 0.05) is 19.3 Å². The third-order valence-corrected chi connectivity index (χ3v) is 12.0. The summed E-state index contributed by atoms with van der Waals surface area (Å²) < 4.78 is 16.8. The molecule has 0 fully saturated rings. The highest BCUT2D eigenvalue weighted by Crippen LogP contribution is 2.16. The molecule has 0 radical (unpaired) electrons. The molecule has 0 saturated heterocycles. The van der Waals surface area contributed by atoms with Crippen LogP contribution in [0.4, 0.5) is 0 Å². The third kappa shape index (κ3) is 48.8. The number of allylic oxidation sites excluding steroid dienone is 4. The molecular formula is C55H102O6. The van der Waals surface area contributed by atoms with Gasteiger partial charge in [0.1, 0.15) is 13.2 Å². The molecule has 0 aromatic rings. The zero-order valence-corrected chi connectivity index (χ0v) is 40.9. The van der Waals surface area contributed by atoms with Gasteiger partial charge in [-0.05, 0) is 51.4 Å². The Bertz CT molecular complexity index is 989. The van der Waals surface area contributed by atoms with Gasteiger partial charge in [-0.2, -0.15) is 0 Å². The summed E-state index contributed by atoms with van der Waals surface area (Å²) in [5.41, 5.74) is 0. The van der Waals surface area contributed by atoms with Gasteiger partial charge in [-0.1, -0.05) is 244 Å². The van der Waals surface area contributed by atoms with Gasteiger partial charge >= 0.3 is 17.9 Å². The van der Waals surface area contributed by atoms with Crippen LogP contribution in [0.25, 0.3) is 0 Å². The Kier molecular flexibility index (Phi) is 48.8. The quantitative estimate of drug-likeness (QED) is 0.0262. The number of carbonyl (C=O) groups excluding carboxylic acids is 3. The fourth-order valence-electron chi connectivity index (χ4n) is 7.89. The standard InChI is InChI=1S/C55H102O6/c1-4-7-10-13-16-19-22-25-27-29-30-33-36-39-42-45-48-54(57)60-51-52(50-59-53(56)47-44-41-38-35-32-24-21-18-15-12-9-6-3)61-55(58)49-46-43-40-37-34-31-28-26-23-20-17-14-11-8-5-2/h17,20,26,28,52H,4-16,18-19,21-25,27,29-51H2,1-3H3/b20-17-,28-26-. The van der Waals surface area contributed by atoms with E-state index in [2.05, 4.69) is 45.1 Å². The molecule has 0 rings (SSSR count). The largest absolute Gasteiger partial charge is 0.462 e. The van der Waals surface area contributed by atoms with Crippen LogP contribution in [0.15, 0.2) is 24.3 Å². The second-order valence-electron chi connectivity index (χ2n) is 18.2. The molecule has 0 aliphatic carbocycles. The first-order valence-corrected chi connectivity index (χ1v) is 26.8. The molecule has 0 saturated carbocycles. The van der Waals surface area contributed by atoms with Crippen molar-refractivity contribution in [3.63, 3.8) is 0 Å². The third-order valence-electron chi connectivity index (χ3n) is 12.0. The Labute approximate surface area is 379 Å². The molecule has 0 aliphatic rings. The zero-order chi connectivity index (χ0) is 44.4. The van der Waals surface area contributed by atoms with E-state index < -0.39 is 6.10 Å². The van der Waals surface area contributed by atoms with Gasteiger partial charge in [-0.15, -0.1) is 0 Å². The van der Waals surface area contributed by atoms with Crippen LogP contribution in [0.3, 0.4) is 0 Å². The van der Waals surface area contributed by atoms with Gasteiger partial charge in [0.05, 0.1) is 0 Å². The molecule has 61 heavy (non-hydrogen) atoms. The van der Waals surface area contributed by atoms with Crippen LogP contribution in [0.1, 0.15) is 290 Å². The highest BCUT2D eigenvalue weighted by atomic mass is 16.6. The molecule has 0 bridgehead atoms. The second-order valence-corrected chi connectivity index (χ2v) is 18.2. The lowest BCUT2D eigenvalue weighted by atomic mass is 10.0. The maximum Gasteiger partial charge on any atom is 0.306 e. The summed E-state index contributed by atoms with van der Waals surface area (Å²) in [4.78, 5) is 38.0. The number of hydrogen-bond acceptors (Lipinski definition) is 6. The normalized spacial score (nSPS) is 12.1. The topological polar surface area (TPSA) is 78.9 Å². The number of esters is 3. The van der Waals surface area contributed by atoms with E-state index in [9.17, 15) is 14.4 Å². The van der Waals surface area contributed by atoms with Crippen molar-refractivity contribution >= 4 is 17.9 Å². The minimum atomic E-state index is -0.772. The molecular weight excluding hydrogens is 757 g/mol. The fourth-order valence-corrected chi connectivity index (χ4v) is 7.89. The predicted molar refractivity (Wildman–Crippen MR) is 261 cm³/mol. The van der Waals surface area contributed by atoms with Crippen LogP contribution in [0.5, 0.6) is 0 Å². The van der Waals surface area contributed by atoms with E-state index in [4.69, 9.17) is 14.2 Å². The van der Waals surface area contributed by atoms with E-state index in [1.807, 2.05) is 0 Å². The van der Waals surface area contributed by atoms with Gasteiger partial charge in [-0.25, -0.2) is 0 Å². The van der Waals surface area contributed by atoms with Gasteiger partial charge in [0.2, 0.25) is 0 Å². The van der Waals surface area contributed by atoms with Gasteiger partial charge in [0.25, 0.3) is 0 Å². The number of ether oxygens (including phenoxy) is 3. The minimum Gasteiger partial charge on any atom is -0.462 e. The summed E-state index contributed by atoms with van der Waals surface area (Å²) in [6.45, 7) is 6.63. The van der Waals surface area contributed by atoms with Crippen molar-refractivity contribution in [1.82, 2.24) is 0 Å². The van der Waals surface area contributed by atoms with Crippen molar-refractivity contribution in [2.75, 3.05) is 13.2 Å². The van der Waals surface area contributed by atoms with Crippen molar-refractivity contribution in [1.29, 1.82) is 0 Å². The Balaban J connectivity index is 4.34. The maximum atomic E-state index is 12.8. The van der Waals surface area contributed by atoms with Crippen LogP contribution in [-0.2, 0) is 28.6 Å². The Morgan fingerprint density at radius 2 is 0.590 bits per heavy atom. The van der Waals surface area contributed by atoms with Gasteiger partial charge in [0.15, 0.2) is 6.10 Å². The second kappa shape index (κ2) is 50.5. The van der Waals surface area contributed by atoms with E-state index >= 15 is 0 Å². The molecule has 358 valence electrons. The summed E-state index contributed by atoms with van der Waals surface area (Å²) in [6, 6.07) is 0. The highest BCUT2D eigenvalue weighted by Gasteiger charge is 2.19. The van der Waals surface area contributed by atoms with E-state index in [0.29, 0.717) is 19.3 Å². The summed E-state index contributed by atoms with van der Waals surface area (Å²) >= 11 is 0. The Morgan fingerprint density at radius 3 is 0.934 bits per heavy atom. The van der Waals surface area contributed by atoms with E-state index in [1.165, 1.54) is 173 Å². The SMILES string of the molecule is CCCCC/C=C\C/C=C\CCCCCCCC(=O)OC(COC(=O)CCCCCCCCCCCCCC)COC(=O)CCCCCCCCCCCCCCCCCC. The average Bonchev–Trinajstić information content (AvgIpc) is 3.26. The number of hydrogen-bond donors (Lipinski definition) is 0. The molecule has 0 aromatic carbocycles. The van der Waals surface area contributed by atoms with Crippen molar-refractivity contribution in [3.05, 3.63) is 24.3 Å². The van der Waals surface area contributed by atoms with E-state index in [-0.39, 0.29) is 31.1 Å². The molecule has 1 atom stereocenters. The van der Waals surface area contributed by atoms with E-state index in [1.54, 1.807) is 0 Å². The predicted octanol–water partition coefficient (Wildman–Crippen LogP) is 17.5. The summed E-state index contributed by atoms with van der Waals surface area (Å²) in [5, 5.41) is 0. The van der Waals surface area contributed by atoms with Crippen LogP contribution in [0.2, 0.25) is 0 Å². The molecule has 0 aliphatic heterocycles. The van der Waals surface area contributed by atoms with Crippen molar-refractivity contribution < 1.29 is 28.6 Å². The van der Waals surface area contributed by atoms with Crippen molar-refractivity contribution in [2.24, 2.45) is 0 Å². The molecule has 0 spiro atoms. The Hall–Kier alpha value is -2.11. The first kappa shape index (κ1) is 58.9. The molecule has 6 heteroatoms. The van der Waals surface area contributed by atoms with Crippen LogP contribution >= 0.6 is 0 Å². The van der Waals surface area contributed by atoms with E-state index in [0.717, 1.165) is 77.0 Å². The first-order chi connectivity index (χ1) is 30.0. The number of unbranched alkanes of at least 4 members (excludes halogenated alkanes) is 34. The average molecular weight is 859 g/mol. The van der Waals surface area contributed by atoms with Gasteiger partial charge in [-0.3, -0.25) is 14.4 Å². The van der Waals surface area contributed by atoms with Crippen LogP contribution < -0.4 is 0 Å². The fraction of sp³-hybridized carbons (Fsp3) is 0.873. The minimum absolute atomic E-state index is 0.0719. The number of carbonyl (C=O) groups is 3. The lowest BCUT2D eigenvalue weighted by molar-refractivity contribution is -0.167. The molecule has 0 amide bonds.